The number of hydrogen-bond acceptors (Lipinski definition) is 6. The van der Waals surface area contributed by atoms with Gasteiger partial charge in [0.15, 0.2) is 0 Å². The molecule has 0 amide bonds. The lowest BCUT2D eigenvalue weighted by Gasteiger charge is -2.28. The van der Waals surface area contributed by atoms with Crippen LogP contribution in [0, 0.1) is 17.3 Å². The van der Waals surface area contributed by atoms with Crippen LogP contribution in [0.1, 0.15) is 157 Å². The van der Waals surface area contributed by atoms with Gasteiger partial charge in [-0.05, 0) is 262 Å². The maximum atomic E-state index is 10.1. The fraction of sp³-hybridized carbons (Fsp3) is 0.564. The molecule has 4 aromatic rings. The zero-order chi connectivity index (χ0) is 52.2. The van der Waals surface area contributed by atoms with E-state index in [4.69, 9.17) is 18.9 Å². The van der Waals surface area contributed by atoms with E-state index in [1.165, 1.54) is 32.1 Å². The van der Waals surface area contributed by atoms with Gasteiger partial charge in [0.05, 0.1) is 67.3 Å². The second kappa shape index (κ2) is 28.7. The molecule has 0 spiro atoms. The molecule has 0 aromatic heterocycles. The summed E-state index contributed by atoms with van der Waals surface area (Å²) in [4.78, 5) is 0. The van der Waals surface area contributed by atoms with Crippen molar-refractivity contribution in [2.24, 2.45) is 17.3 Å². The van der Waals surface area contributed by atoms with Crippen LogP contribution >= 0.6 is 127 Å². The van der Waals surface area contributed by atoms with Crippen LogP contribution in [0.4, 0.5) is 0 Å². The molecule has 1 aliphatic heterocycles. The molecule has 5 atom stereocenters. The van der Waals surface area contributed by atoms with Crippen LogP contribution < -0.4 is 9.47 Å². The van der Waals surface area contributed by atoms with Gasteiger partial charge in [0.1, 0.15) is 23.0 Å². The summed E-state index contributed by atoms with van der Waals surface area (Å²) in [5, 5.41) is 20.1. The molecule has 1 aliphatic rings. The SMILES string of the molecule is CCC(C)(C)CCC1CO1.CCC(C)C(C)CCC(C)Oc1c(Br)cc(C(C)(C)c2cc(Br)c(O)c(Br)c2)cc1Br.CCOCCC(C)Oc1c(Br)cc(C(C)(C)c2cc(Br)c(O)c(Br)c2)cc1Br. The van der Waals surface area contributed by atoms with Gasteiger partial charge in [-0.1, -0.05) is 82.1 Å². The molecule has 0 aliphatic carbocycles. The monoisotopic (exact) mass is 1460 g/mol. The van der Waals surface area contributed by atoms with Gasteiger partial charge < -0.3 is 29.2 Å². The Labute approximate surface area is 482 Å². The number of benzene rings is 4. The van der Waals surface area contributed by atoms with Crippen molar-refractivity contribution in [2.45, 2.75) is 164 Å². The minimum absolute atomic E-state index is 0.0435. The largest absolute Gasteiger partial charge is 0.506 e. The lowest BCUT2D eigenvalue weighted by Crippen LogP contribution is -2.20. The number of epoxide rings is 1. The summed E-state index contributed by atoms with van der Waals surface area (Å²) in [6.45, 7) is 31.1. The summed E-state index contributed by atoms with van der Waals surface area (Å²) < 4.78 is 29.3. The normalized spacial score (nSPS) is 15.5. The first-order valence-corrected chi connectivity index (χ1v) is 30.3. The molecule has 0 radical (unpaired) electrons. The highest BCUT2D eigenvalue weighted by atomic mass is 79.9. The molecule has 1 saturated heterocycles. The van der Waals surface area contributed by atoms with Crippen LogP contribution in [0.3, 0.4) is 0 Å². The predicted octanol–water partition coefficient (Wildman–Crippen LogP) is 20.6. The summed E-state index contributed by atoms with van der Waals surface area (Å²) in [6.07, 6.45) is 8.91. The molecular formula is C55H74Br8O6. The number of phenolic OH excluding ortho intramolecular Hbond substituents is 2. The summed E-state index contributed by atoms with van der Waals surface area (Å²) in [5.41, 5.74) is 4.38. The second-order valence-electron chi connectivity index (χ2n) is 20.2. The van der Waals surface area contributed by atoms with Crippen molar-refractivity contribution in [1.82, 2.24) is 0 Å². The lowest BCUT2D eigenvalue weighted by molar-refractivity contribution is 0.106. The Morgan fingerprint density at radius 1 is 0.551 bits per heavy atom. The topological polar surface area (TPSA) is 80.7 Å². The Kier molecular flexibility index (Phi) is 26.2. The number of rotatable bonds is 21. The van der Waals surface area contributed by atoms with Crippen molar-refractivity contribution < 1.29 is 29.2 Å². The smallest absolute Gasteiger partial charge is 0.148 e. The Balaban J connectivity index is 0.000000305. The summed E-state index contributed by atoms with van der Waals surface area (Å²) in [5.74, 6) is 3.49. The van der Waals surface area contributed by atoms with E-state index in [-0.39, 0.29) is 34.5 Å². The van der Waals surface area contributed by atoms with E-state index in [1.807, 2.05) is 38.1 Å². The third-order valence-electron chi connectivity index (χ3n) is 13.6. The molecule has 5 rings (SSSR count). The fourth-order valence-electron chi connectivity index (χ4n) is 7.31. The summed E-state index contributed by atoms with van der Waals surface area (Å²) >= 11 is 28.6. The molecule has 1 heterocycles. The molecule has 14 heteroatoms. The molecule has 1 fully saturated rings. The fourth-order valence-corrected chi connectivity index (χ4v) is 12.4. The molecule has 386 valence electrons. The first kappa shape index (κ1) is 63.1. The molecule has 6 nitrogen and oxygen atoms in total. The van der Waals surface area contributed by atoms with Crippen LogP contribution in [-0.2, 0) is 20.3 Å². The molecule has 5 unspecified atom stereocenters. The maximum Gasteiger partial charge on any atom is 0.148 e. The molecule has 0 bridgehead atoms. The first-order chi connectivity index (χ1) is 32.1. The summed E-state index contributed by atoms with van der Waals surface area (Å²) in [6, 6.07) is 16.3. The average molecular weight is 1470 g/mol. The average Bonchev–Trinajstić information content (AvgIpc) is 4.13. The Morgan fingerprint density at radius 2 is 0.899 bits per heavy atom. The van der Waals surface area contributed by atoms with Crippen LogP contribution in [0.25, 0.3) is 0 Å². The highest BCUT2D eigenvalue weighted by molar-refractivity contribution is 9.12. The van der Waals surface area contributed by atoms with Crippen molar-refractivity contribution in [3.63, 3.8) is 0 Å². The van der Waals surface area contributed by atoms with E-state index in [0.29, 0.717) is 48.5 Å². The van der Waals surface area contributed by atoms with Gasteiger partial charge in [0.25, 0.3) is 0 Å². The number of phenols is 2. The van der Waals surface area contributed by atoms with Crippen LogP contribution in [0.5, 0.6) is 23.0 Å². The molecular weight excluding hydrogens is 1400 g/mol. The maximum absolute atomic E-state index is 10.1. The molecule has 69 heavy (non-hydrogen) atoms. The standard InChI is InChI=1S/C25H32Br4O2.C21H24Br4O3.C9H18O/c1-7-14(2)15(3)8-9-16(4)31-24-21(28)12-18(13-22(24)29)25(5,6)17-10-19(26)23(30)20(27)11-17;1-5-27-7-6-12(2)28-20-17(24)10-14(11-18(20)25)21(3,4)13-8-15(22)19(26)16(23)9-13;1-4-9(2,3)6-5-8-7-10-8/h10-16,30H,7-9H2,1-6H3;8-12,26H,5-7H2,1-4H3;8H,4-7H2,1-3H3. The van der Waals surface area contributed by atoms with Gasteiger partial charge in [-0.3, -0.25) is 0 Å². The first-order valence-electron chi connectivity index (χ1n) is 24.0. The van der Waals surface area contributed by atoms with E-state index in [1.54, 1.807) is 0 Å². The van der Waals surface area contributed by atoms with Gasteiger partial charge in [-0.25, -0.2) is 0 Å². The Bertz CT molecular complexity index is 2180. The van der Waals surface area contributed by atoms with Crippen molar-refractivity contribution in [3.8, 4) is 23.0 Å². The third-order valence-corrected chi connectivity index (χ3v) is 18.3. The lowest BCUT2D eigenvalue weighted by atomic mass is 9.78. The van der Waals surface area contributed by atoms with Crippen molar-refractivity contribution in [1.29, 1.82) is 0 Å². The minimum atomic E-state index is -0.289. The predicted molar refractivity (Wildman–Crippen MR) is 317 cm³/mol. The molecule has 2 N–H and O–H groups in total. The van der Waals surface area contributed by atoms with Gasteiger partial charge in [0, 0.05) is 23.9 Å². The van der Waals surface area contributed by atoms with E-state index >= 15 is 0 Å². The second-order valence-corrected chi connectivity index (χ2v) is 27.0. The van der Waals surface area contributed by atoms with Gasteiger partial charge in [-0.2, -0.15) is 0 Å². The van der Waals surface area contributed by atoms with Crippen molar-refractivity contribution in [2.75, 3.05) is 19.8 Å². The van der Waals surface area contributed by atoms with Crippen molar-refractivity contribution >= 4 is 127 Å². The Hall–Kier alpha value is -0.160. The zero-order valence-corrected chi connectivity index (χ0v) is 55.3. The molecule has 0 saturated carbocycles. The quantitative estimate of drug-likeness (QED) is 0.0639. The van der Waals surface area contributed by atoms with Gasteiger partial charge >= 0.3 is 0 Å². The van der Waals surface area contributed by atoms with Gasteiger partial charge in [-0.15, -0.1) is 0 Å². The van der Waals surface area contributed by atoms with Crippen LogP contribution in [-0.4, -0.2) is 48.3 Å². The number of ether oxygens (including phenoxy) is 4. The van der Waals surface area contributed by atoms with E-state index in [9.17, 15) is 10.2 Å². The Morgan fingerprint density at radius 3 is 1.22 bits per heavy atom. The minimum Gasteiger partial charge on any atom is -0.506 e. The van der Waals surface area contributed by atoms with E-state index in [2.05, 4.69) is 228 Å². The van der Waals surface area contributed by atoms with Gasteiger partial charge in [0.2, 0.25) is 0 Å². The van der Waals surface area contributed by atoms with E-state index < -0.39 is 0 Å². The number of aromatic hydroxyl groups is 2. The number of hydrogen-bond donors (Lipinski definition) is 2. The van der Waals surface area contributed by atoms with Crippen LogP contribution in [0.15, 0.2) is 84.3 Å². The number of halogens is 8. The highest BCUT2D eigenvalue weighted by Gasteiger charge is 2.30. The van der Waals surface area contributed by atoms with Crippen LogP contribution in [0.2, 0.25) is 0 Å². The highest BCUT2D eigenvalue weighted by Crippen LogP contribution is 2.46. The molecule has 4 aromatic carbocycles. The van der Waals surface area contributed by atoms with E-state index in [0.717, 1.165) is 77.0 Å². The third kappa shape index (κ3) is 19.2. The zero-order valence-electron chi connectivity index (χ0n) is 42.6. The van der Waals surface area contributed by atoms with Crippen molar-refractivity contribution in [3.05, 3.63) is 107 Å². The summed E-state index contributed by atoms with van der Waals surface area (Å²) in [7, 11) is 0.